The maximum atomic E-state index is 12.7. The van der Waals surface area contributed by atoms with Crippen LogP contribution in [0.5, 0.6) is 0 Å². The van der Waals surface area contributed by atoms with E-state index in [1.807, 2.05) is 18.2 Å². The monoisotopic (exact) mass is 392 g/mol. The van der Waals surface area contributed by atoms with Crippen LogP contribution in [-0.4, -0.2) is 28.4 Å². The van der Waals surface area contributed by atoms with Gasteiger partial charge in [-0.05, 0) is 53.5 Å². The number of amides is 2. The van der Waals surface area contributed by atoms with Crippen LogP contribution in [0.3, 0.4) is 0 Å². The van der Waals surface area contributed by atoms with Gasteiger partial charge in [-0.1, -0.05) is 36.4 Å². The normalized spacial score (nSPS) is 17.4. The average molecular weight is 393 g/mol. The van der Waals surface area contributed by atoms with Gasteiger partial charge in [0.2, 0.25) is 0 Å². The zero-order valence-corrected chi connectivity index (χ0v) is 16.0. The highest BCUT2D eigenvalue weighted by Gasteiger charge is 2.32. The summed E-state index contributed by atoms with van der Waals surface area (Å²) in [6.07, 6.45) is 8.25. The van der Waals surface area contributed by atoms with Crippen LogP contribution in [0.25, 0.3) is 18.2 Å². The van der Waals surface area contributed by atoms with E-state index in [-0.39, 0.29) is 17.2 Å². The topological polar surface area (TPSA) is 49.4 Å². The molecule has 0 bridgehead atoms. The molecule has 1 aromatic carbocycles. The second kappa shape index (κ2) is 7.06. The lowest BCUT2D eigenvalue weighted by atomic mass is 10.0. The Morgan fingerprint density at radius 3 is 2.85 bits per heavy atom. The third-order valence-electron chi connectivity index (χ3n) is 4.50. The van der Waals surface area contributed by atoms with Crippen molar-refractivity contribution in [3.63, 3.8) is 0 Å². The van der Waals surface area contributed by atoms with Crippen molar-refractivity contribution in [3.05, 3.63) is 75.0 Å². The summed E-state index contributed by atoms with van der Waals surface area (Å²) in [6.45, 7) is 3.89. The summed E-state index contributed by atoms with van der Waals surface area (Å²) in [5.74, 6) is -0.858. The number of benzene rings is 1. The zero-order chi connectivity index (χ0) is 19.0. The molecule has 6 heteroatoms. The van der Waals surface area contributed by atoms with Gasteiger partial charge in [-0.25, -0.2) is 0 Å². The Morgan fingerprint density at radius 2 is 2.04 bits per heavy atom. The summed E-state index contributed by atoms with van der Waals surface area (Å²) in [5.41, 5.74) is 3.76. The van der Waals surface area contributed by atoms with E-state index in [2.05, 4.69) is 36.2 Å². The lowest BCUT2D eigenvalue weighted by Gasteiger charge is -2.27. The summed E-state index contributed by atoms with van der Waals surface area (Å²) >= 11 is 6.64. The Morgan fingerprint density at radius 1 is 1.22 bits per heavy atom. The Balaban J connectivity index is 1.68. The number of carbonyl (C=O) groups is 2. The molecule has 4 nitrogen and oxygen atoms in total. The molecule has 2 amide bonds. The van der Waals surface area contributed by atoms with Crippen molar-refractivity contribution in [2.24, 2.45) is 0 Å². The van der Waals surface area contributed by atoms with Gasteiger partial charge < -0.3 is 0 Å². The van der Waals surface area contributed by atoms with Crippen LogP contribution >= 0.6 is 23.6 Å². The molecule has 4 rings (SSSR count). The van der Waals surface area contributed by atoms with Crippen LogP contribution in [0.4, 0.5) is 0 Å². The van der Waals surface area contributed by atoms with Crippen LogP contribution in [-0.2, 0) is 16.0 Å². The van der Waals surface area contributed by atoms with Gasteiger partial charge in [0.25, 0.3) is 11.8 Å². The largest absolute Gasteiger partial charge is 0.298 e. The van der Waals surface area contributed by atoms with Crippen molar-refractivity contribution >= 4 is 58.7 Å². The van der Waals surface area contributed by atoms with Gasteiger partial charge >= 0.3 is 0 Å². The molecule has 27 heavy (non-hydrogen) atoms. The van der Waals surface area contributed by atoms with Gasteiger partial charge in [-0.2, -0.15) is 0 Å². The lowest BCUT2D eigenvalue weighted by Crippen LogP contribution is -2.53. The molecule has 1 saturated heterocycles. The van der Waals surface area contributed by atoms with Gasteiger partial charge in [0.15, 0.2) is 5.11 Å². The van der Waals surface area contributed by atoms with Crippen molar-refractivity contribution in [1.82, 2.24) is 10.2 Å². The minimum absolute atomic E-state index is 0.0891. The number of thiocarbonyl (C=S) groups is 1. The van der Waals surface area contributed by atoms with E-state index in [4.69, 9.17) is 12.2 Å². The SMILES string of the molecule is C=CCN1C(=O)C(=Cc2cc3c(s2)C=Cc2ccccc2C3)C(=O)NC1=S. The second-order valence-corrected chi connectivity index (χ2v) is 7.77. The predicted octanol–water partition coefficient (Wildman–Crippen LogP) is 3.64. The third kappa shape index (κ3) is 3.29. The van der Waals surface area contributed by atoms with Crippen molar-refractivity contribution in [2.45, 2.75) is 6.42 Å². The molecule has 2 aromatic rings. The van der Waals surface area contributed by atoms with E-state index in [0.29, 0.717) is 0 Å². The van der Waals surface area contributed by atoms with Gasteiger partial charge in [-0.15, -0.1) is 17.9 Å². The Bertz CT molecular complexity index is 1050. The van der Waals surface area contributed by atoms with Crippen LogP contribution in [0, 0.1) is 0 Å². The number of fused-ring (bicyclic) bond motifs is 2. The van der Waals surface area contributed by atoms with E-state index in [1.165, 1.54) is 21.6 Å². The summed E-state index contributed by atoms with van der Waals surface area (Å²) in [7, 11) is 0. The van der Waals surface area contributed by atoms with Crippen molar-refractivity contribution < 1.29 is 9.59 Å². The van der Waals surface area contributed by atoms with E-state index in [1.54, 1.807) is 23.5 Å². The number of hydrogen-bond donors (Lipinski definition) is 1. The number of nitrogens with zero attached hydrogens (tertiary/aromatic N) is 1. The molecule has 1 aliphatic carbocycles. The molecule has 1 aromatic heterocycles. The molecular weight excluding hydrogens is 376 g/mol. The molecule has 0 unspecified atom stereocenters. The first kappa shape index (κ1) is 17.6. The molecular formula is C21H16N2O2S2. The molecule has 2 heterocycles. The number of nitrogens with one attached hydrogen (secondary N) is 1. The van der Waals surface area contributed by atoms with Crippen LogP contribution in [0.15, 0.2) is 48.6 Å². The van der Waals surface area contributed by atoms with Crippen LogP contribution in [0.2, 0.25) is 0 Å². The van der Waals surface area contributed by atoms with E-state index in [0.717, 1.165) is 16.2 Å². The minimum Gasteiger partial charge on any atom is -0.298 e. The minimum atomic E-state index is -0.463. The highest BCUT2D eigenvalue weighted by Crippen LogP contribution is 2.32. The first-order valence-electron chi connectivity index (χ1n) is 8.45. The van der Waals surface area contributed by atoms with Crippen molar-refractivity contribution in [3.8, 4) is 0 Å². The fourth-order valence-corrected chi connectivity index (χ4v) is 4.46. The fourth-order valence-electron chi connectivity index (χ4n) is 3.17. The van der Waals surface area contributed by atoms with E-state index >= 15 is 0 Å². The summed E-state index contributed by atoms with van der Waals surface area (Å²) in [5, 5.41) is 2.69. The second-order valence-electron chi connectivity index (χ2n) is 6.27. The highest BCUT2D eigenvalue weighted by molar-refractivity contribution is 7.80. The molecule has 1 fully saturated rings. The fraction of sp³-hybridized carbons (Fsp3) is 0.0952. The van der Waals surface area contributed by atoms with Crippen LogP contribution < -0.4 is 5.32 Å². The molecule has 1 N–H and O–H groups in total. The molecule has 134 valence electrons. The average Bonchev–Trinajstić information content (AvgIpc) is 2.94. The van der Waals surface area contributed by atoms with Crippen molar-refractivity contribution in [1.29, 1.82) is 0 Å². The zero-order valence-electron chi connectivity index (χ0n) is 14.4. The maximum Gasteiger partial charge on any atom is 0.265 e. The van der Waals surface area contributed by atoms with Crippen LogP contribution in [0.1, 0.15) is 26.4 Å². The molecule has 0 saturated carbocycles. The Labute approximate surface area is 166 Å². The third-order valence-corrected chi connectivity index (χ3v) is 5.91. The number of hydrogen-bond acceptors (Lipinski definition) is 4. The molecule has 1 aliphatic heterocycles. The number of carbonyl (C=O) groups excluding carboxylic acids is 2. The smallest absolute Gasteiger partial charge is 0.265 e. The summed E-state index contributed by atoms with van der Waals surface area (Å²) in [6, 6.07) is 10.3. The quantitative estimate of drug-likeness (QED) is 0.320. The summed E-state index contributed by atoms with van der Waals surface area (Å²) < 4.78 is 0. The Kier molecular flexibility index (Phi) is 4.59. The molecule has 0 atom stereocenters. The number of rotatable bonds is 3. The van der Waals surface area contributed by atoms with Gasteiger partial charge in [0, 0.05) is 16.3 Å². The Hall–Kier alpha value is -2.83. The molecule has 2 aliphatic rings. The summed E-state index contributed by atoms with van der Waals surface area (Å²) in [4.78, 5) is 28.3. The predicted molar refractivity (Wildman–Crippen MR) is 113 cm³/mol. The first-order valence-corrected chi connectivity index (χ1v) is 9.68. The standard InChI is InChI=1S/C21H16N2O2S2/c1-2-9-23-20(25)17(19(24)22-21(23)26)12-16-11-15-10-14-6-4-3-5-13(14)7-8-18(15)27-16/h2-8,11-12H,1,9-10H2,(H,22,24,26). The molecule has 0 radical (unpaired) electrons. The van der Waals surface area contributed by atoms with E-state index in [9.17, 15) is 9.59 Å². The van der Waals surface area contributed by atoms with Gasteiger partial charge in [0.05, 0.1) is 0 Å². The van der Waals surface area contributed by atoms with E-state index < -0.39 is 11.8 Å². The van der Waals surface area contributed by atoms with Gasteiger partial charge in [0.1, 0.15) is 5.57 Å². The number of thiophene rings is 1. The maximum absolute atomic E-state index is 12.7. The lowest BCUT2D eigenvalue weighted by molar-refractivity contribution is -0.128. The molecule has 0 spiro atoms. The highest BCUT2D eigenvalue weighted by atomic mass is 32.1. The first-order chi connectivity index (χ1) is 13.1. The van der Waals surface area contributed by atoms with Crippen molar-refractivity contribution in [2.75, 3.05) is 6.54 Å². The van der Waals surface area contributed by atoms with Gasteiger partial charge in [-0.3, -0.25) is 19.8 Å².